The SMILES string of the molecule is CC1(O)CCN(C(=O)c2cc(NC(=O)c3cc(-c4cccc(N)n4)ccc3Cl)n(-c3ccccc3)n2)C1. The highest BCUT2D eigenvalue weighted by atomic mass is 35.5. The third-order valence-corrected chi connectivity index (χ3v) is 6.52. The van der Waals surface area contributed by atoms with Gasteiger partial charge in [-0.25, -0.2) is 9.67 Å². The van der Waals surface area contributed by atoms with Gasteiger partial charge in [-0.05, 0) is 49.7 Å². The molecule has 3 heterocycles. The molecule has 0 saturated carbocycles. The molecular weight excluding hydrogens is 492 g/mol. The molecular formula is C27H25ClN6O3. The number of carbonyl (C=O) groups is 2. The van der Waals surface area contributed by atoms with E-state index >= 15 is 0 Å². The molecule has 2 aromatic heterocycles. The molecule has 10 heteroatoms. The molecule has 2 aromatic carbocycles. The number of nitrogens with zero attached hydrogens (tertiary/aromatic N) is 4. The van der Waals surface area contributed by atoms with Crippen LogP contribution >= 0.6 is 11.6 Å². The monoisotopic (exact) mass is 516 g/mol. The zero-order valence-electron chi connectivity index (χ0n) is 20.1. The minimum absolute atomic E-state index is 0.153. The number of carbonyl (C=O) groups excluding carboxylic acids is 2. The Kier molecular flexibility index (Phi) is 6.41. The fourth-order valence-corrected chi connectivity index (χ4v) is 4.48. The molecule has 0 aliphatic carbocycles. The first-order valence-corrected chi connectivity index (χ1v) is 12.1. The number of amides is 2. The van der Waals surface area contributed by atoms with Crippen LogP contribution in [0.25, 0.3) is 16.9 Å². The summed E-state index contributed by atoms with van der Waals surface area (Å²) in [5.41, 5.74) is 7.20. The van der Waals surface area contributed by atoms with Crippen molar-refractivity contribution in [1.29, 1.82) is 0 Å². The maximum absolute atomic E-state index is 13.4. The molecule has 1 unspecified atom stereocenters. The van der Waals surface area contributed by atoms with Crippen molar-refractivity contribution in [2.45, 2.75) is 18.9 Å². The molecule has 1 atom stereocenters. The fourth-order valence-electron chi connectivity index (χ4n) is 4.28. The lowest BCUT2D eigenvalue weighted by Gasteiger charge is -2.17. The molecule has 9 nitrogen and oxygen atoms in total. The van der Waals surface area contributed by atoms with Crippen molar-refractivity contribution in [3.05, 3.63) is 89.1 Å². The number of likely N-dealkylation sites (tertiary alicyclic amines) is 1. The van der Waals surface area contributed by atoms with Crippen LogP contribution in [0, 0.1) is 0 Å². The summed E-state index contributed by atoms with van der Waals surface area (Å²) in [5, 5.41) is 17.9. The van der Waals surface area contributed by atoms with Crippen molar-refractivity contribution < 1.29 is 14.7 Å². The molecule has 1 fully saturated rings. The molecule has 37 heavy (non-hydrogen) atoms. The summed E-state index contributed by atoms with van der Waals surface area (Å²) < 4.78 is 1.50. The second-order valence-electron chi connectivity index (χ2n) is 9.23. The number of halogens is 1. The highest BCUT2D eigenvalue weighted by Crippen LogP contribution is 2.27. The van der Waals surface area contributed by atoms with Crippen LogP contribution in [0.2, 0.25) is 5.02 Å². The van der Waals surface area contributed by atoms with Gasteiger partial charge in [0.25, 0.3) is 11.8 Å². The number of aliphatic hydroxyl groups is 1. The van der Waals surface area contributed by atoms with Gasteiger partial charge in [-0.2, -0.15) is 5.10 Å². The number of β-amino-alcohol motifs (C(OH)–C–C–N with tert-alkyl or cyclic N) is 1. The molecule has 4 aromatic rings. The van der Waals surface area contributed by atoms with E-state index in [9.17, 15) is 14.7 Å². The standard InChI is InChI=1S/C27H25ClN6O3/c1-27(37)12-13-33(16-27)26(36)22-15-24(34(32-22)18-6-3-2-4-7-18)31-25(35)19-14-17(10-11-20(19)28)21-8-5-9-23(29)30-21/h2-11,14-15,37H,12-13,16H2,1H3,(H2,29,30)(H,31,35). The van der Waals surface area contributed by atoms with Crippen LogP contribution in [0.4, 0.5) is 11.6 Å². The van der Waals surface area contributed by atoms with E-state index in [1.807, 2.05) is 30.3 Å². The second kappa shape index (κ2) is 9.68. The zero-order valence-corrected chi connectivity index (χ0v) is 20.8. The van der Waals surface area contributed by atoms with Crippen molar-refractivity contribution >= 4 is 35.1 Å². The van der Waals surface area contributed by atoms with Gasteiger partial charge in [0.05, 0.1) is 27.6 Å². The number of aromatic nitrogens is 3. The average molecular weight is 517 g/mol. The number of nitrogen functional groups attached to an aromatic ring is 1. The summed E-state index contributed by atoms with van der Waals surface area (Å²) >= 11 is 6.39. The van der Waals surface area contributed by atoms with Crippen molar-refractivity contribution in [2.24, 2.45) is 0 Å². The predicted molar refractivity (Wildman–Crippen MR) is 142 cm³/mol. The number of nitrogens with one attached hydrogen (secondary N) is 1. The first kappa shape index (κ1) is 24.5. The molecule has 5 rings (SSSR count). The lowest BCUT2D eigenvalue weighted by atomic mass is 10.1. The molecule has 2 amide bonds. The Labute approximate surface area is 218 Å². The first-order chi connectivity index (χ1) is 17.7. The predicted octanol–water partition coefficient (Wildman–Crippen LogP) is 4.02. The number of benzene rings is 2. The van der Waals surface area contributed by atoms with E-state index in [4.69, 9.17) is 17.3 Å². The summed E-state index contributed by atoms with van der Waals surface area (Å²) in [7, 11) is 0. The lowest BCUT2D eigenvalue weighted by Crippen LogP contribution is -2.34. The molecule has 1 aliphatic heterocycles. The van der Waals surface area contributed by atoms with Gasteiger partial charge in [0.2, 0.25) is 0 Å². The Bertz CT molecular complexity index is 1480. The van der Waals surface area contributed by atoms with Crippen molar-refractivity contribution in [3.63, 3.8) is 0 Å². The number of anilines is 2. The number of hydrogen-bond donors (Lipinski definition) is 3. The molecule has 4 N–H and O–H groups in total. The fraction of sp³-hybridized carbons (Fsp3) is 0.185. The van der Waals surface area contributed by atoms with E-state index in [0.717, 1.165) is 0 Å². The maximum atomic E-state index is 13.4. The van der Waals surface area contributed by atoms with E-state index in [2.05, 4.69) is 15.4 Å². The van der Waals surface area contributed by atoms with Crippen molar-refractivity contribution in [1.82, 2.24) is 19.7 Å². The highest BCUT2D eigenvalue weighted by molar-refractivity contribution is 6.34. The second-order valence-corrected chi connectivity index (χ2v) is 9.64. The van der Waals surface area contributed by atoms with Crippen molar-refractivity contribution in [3.8, 4) is 16.9 Å². The minimum Gasteiger partial charge on any atom is -0.388 e. The van der Waals surface area contributed by atoms with Crippen LogP contribution < -0.4 is 11.1 Å². The Hall–Kier alpha value is -4.21. The summed E-state index contributed by atoms with van der Waals surface area (Å²) in [6.07, 6.45) is 0.485. The quantitative estimate of drug-likeness (QED) is 0.368. The average Bonchev–Trinajstić information content (AvgIpc) is 3.47. The lowest BCUT2D eigenvalue weighted by molar-refractivity contribution is 0.0569. The number of hydrogen-bond acceptors (Lipinski definition) is 6. The molecule has 0 bridgehead atoms. The molecule has 1 aliphatic rings. The number of pyridine rings is 1. The van der Waals surface area contributed by atoms with Crippen LogP contribution in [-0.2, 0) is 0 Å². The minimum atomic E-state index is -0.936. The zero-order chi connectivity index (χ0) is 26.2. The number of nitrogens with two attached hydrogens (primary N) is 1. The maximum Gasteiger partial charge on any atom is 0.274 e. The van der Waals surface area contributed by atoms with Gasteiger partial charge < -0.3 is 21.1 Å². The van der Waals surface area contributed by atoms with Crippen LogP contribution in [0.15, 0.2) is 72.8 Å². The van der Waals surface area contributed by atoms with Gasteiger partial charge in [-0.15, -0.1) is 0 Å². The van der Waals surface area contributed by atoms with Gasteiger partial charge >= 0.3 is 0 Å². The molecule has 0 spiro atoms. The van der Waals surface area contributed by atoms with Crippen LogP contribution in [0.3, 0.4) is 0 Å². The van der Waals surface area contributed by atoms with E-state index in [1.54, 1.807) is 48.2 Å². The molecule has 188 valence electrons. The van der Waals surface area contributed by atoms with Crippen LogP contribution in [0.1, 0.15) is 34.2 Å². The summed E-state index contributed by atoms with van der Waals surface area (Å²) in [4.78, 5) is 32.4. The van der Waals surface area contributed by atoms with Crippen LogP contribution in [-0.4, -0.2) is 55.3 Å². The largest absolute Gasteiger partial charge is 0.388 e. The summed E-state index contributed by atoms with van der Waals surface area (Å²) in [6, 6.07) is 21.0. The third kappa shape index (κ3) is 5.18. The normalized spacial score (nSPS) is 17.1. The van der Waals surface area contributed by atoms with E-state index < -0.39 is 11.5 Å². The smallest absolute Gasteiger partial charge is 0.274 e. The Balaban J connectivity index is 1.48. The first-order valence-electron chi connectivity index (χ1n) is 11.7. The molecule has 0 radical (unpaired) electrons. The Morgan fingerprint density at radius 1 is 1.08 bits per heavy atom. The third-order valence-electron chi connectivity index (χ3n) is 6.19. The number of para-hydroxylation sites is 1. The highest BCUT2D eigenvalue weighted by Gasteiger charge is 2.35. The van der Waals surface area contributed by atoms with E-state index in [-0.39, 0.29) is 28.7 Å². The molecule has 1 saturated heterocycles. The van der Waals surface area contributed by atoms with Crippen molar-refractivity contribution in [2.75, 3.05) is 24.1 Å². The van der Waals surface area contributed by atoms with E-state index in [0.29, 0.717) is 41.5 Å². The van der Waals surface area contributed by atoms with Crippen LogP contribution in [0.5, 0.6) is 0 Å². The van der Waals surface area contributed by atoms with E-state index in [1.165, 1.54) is 10.7 Å². The van der Waals surface area contributed by atoms with Gasteiger partial charge in [0, 0.05) is 24.7 Å². The van der Waals surface area contributed by atoms with Gasteiger partial charge in [0.15, 0.2) is 5.69 Å². The summed E-state index contributed by atoms with van der Waals surface area (Å²) in [6.45, 7) is 2.34. The Morgan fingerprint density at radius 2 is 1.86 bits per heavy atom. The van der Waals surface area contributed by atoms with Gasteiger partial charge in [0.1, 0.15) is 11.6 Å². The number of rotatable bonds is 5. The topological polar surface area (TPSA) is 126 Å². The Morgan fingerprint density at radius 3 is 2.57 bits per heavy atom. The summed E-state index contributed by atoms with van der Waals surface area (Å²) in [5.74, 6) is -0.136. The van der Waals surface area contributed by atoms with Gasteiger partial charge in [-0.3, -0.25) is 9.59 Å². The van der Waals surface area contributed by atoms with Gasteiger partial charge in [-0.1, -0.05) is 41.9 Å².